The molecule has 98 valence electrons. The van der Waals surface area contributed by atoms with Gasteiger partial charge in [0.25, 0.3) is 0 Å². The zero-order valence-electron chi connectivity index (χ0n) is 10.0. The lowest BCUT2D eigenvalue weighted by atomic mass is 10.2. The van der Waals surface area contributed by atoms with Gasteiger partial charge in [-0.25, -0.2) is 19.6 Å². The molecule has 1 N–H and O–H groups in total. The summed E-state index contributed by atoms with van der Waals surface area (Å²) in [5, 5.41) is 9.01. The van der Waals surface area contributed by atoms with E-state index in [-0.39, 0.29) is 5.95 Å². The molecule has 0 aliphatic heterocycles. The smallest absolute Gasteiger partial charge is 0.427 e. The van der Waals surface area contributed by atoms with Crippen molar-refractivity contribution in [2.75, 3.05) is 4.90 Å². The lowest BCUT2D eigenvalue weighted by molar-refractivity contribution is 0.0579. The largest absolute Gasteiger partial charge is 0.464 e. The van der Waals surface area contributed by atoms with Crippen molar-refractivity contribution in [2.24, 2.45) is 0 Å². The second-order valence-corrected chi connectivity index (χ2v) is 5.55. The molecule has 7 nitrogen and oxygen atoms in total. The lowest BCUT2D eigenvalue weighted by Gasteiger charge is -2.23. The molecule has 0 unspecified atom stereocenters. The molecule has 0 aliphatic carbocycles. The number of aromatic nitrogens is 2. The van der Waals surface area contributed by atoms with Gasteiger partial charge in [-0.2, -0.15) is 0 Å². The minimum Gasteiger partial charge on any atom is -0.464 e. The summed E-state index contributed by atoms with van der Waals surface area (Å²) in [6.45, 7) is 4.92. The zero-order valence-corrected chi connectivity index (χ0v) is 12.2. The number of hydrogen-bond acceptors (Lipinski definition) is 5. The first-order valence-corrected chi connectivity index (χ1v) is 6.02. The SMILES string of the molecule is CC(C)(C)OC(=O)N(C(=O)O)c1ncc(I)cn1. The van der Waals surface area contributed by atoms with Crippen molar-refractivity contribution in [3.63, 3.8) is 0 Å². The van der Waals surface area contributed by atoms with Crippen LogP contribution in [-0.2, 0) is 4.74 Å². The van der Waals surface area contributed by atoms with Crippen molar-refractivity contribution in [3.8, 4) is 0 Å². The first-order valence-electron chi connectivity index (χ1n) is 4.94. The molecule has 18 heavy (non-hydrogen) atoms. The van der Waals surface area contributed by atoms with Crippen molar-refractivity contribution in [1.82, 2.24) is 9.97 Å². The number of amides is 2. The van der Waals surface area contributed by atoms with E-state index >= 15 is 0 Å². The molecule has 1 aromatic heterocycles. The second kappa shape index (κ2) is 5.46. The maximum Gasteiger partial charge on any atom is 0.427 e. The minimum atomic E-state index is -1.49. The molecule has 0 atom stereocenters. The number of carboxylic acid groups (broad SMARTS) is 1. The van der Waals surface area contributed by atoms with Crippen LogP contribution in [0.2, 0.25) is 0 Å². The molecule has 8 heteroatoms. The number of rotatable bonds is 1. The fourth-order valence-electron chi connectivity index (χ4n) is 0.974. The number of nitrogens with zero attached hydrogens (tertiary/aromatic N) is 3. The van der Waals surface area contributed by atoms with Crippen LogP contribution in [0.4, 0.5) is 15.5 Å². The van der Waals surface area contributed by atoms with Gasteiger partial charge in [0, 0.05) is 16.0 Å². The van der Waals surface area contributed by atoms with Gasteiger partial charge >= 0.3 is 12.2 Å². The van der Waals surface area contributed by atoms with Gasteiger partial charge in [0.05, 0.1) is 0 Å². The van der Waals surface area contributed by atoms with Crippen molar-refractivity contribution in [3.05, 3.63) is 16.0 Å². The third-order valence-electron chi connectivity index (χ3n) is 1.57. The van der Waals surface area contributed by atoms with Gasteiger partial charge in [0.2, 0.25) is 5.95 Å². The molecule has 0 bridgehead atoms. The van der Waals surface area contributed by atoms with Crippen LogP contribution < -0.4 is 4.90 Å². The summed E-state index contributed by atoms with van der Waals surface area (Å²) in [5.74, 6) is -0.239. The predicted molar refractivity (Wildman–Crippen MR) is 71.5 cm³/mol. The summed E-state index contributed by atoms with van der Waals surface area (Å²) in [6, 6.07) is 0. The predicted octanol–water partition coefficient (Wildman–Crippen LogP) is 2.50. The summed E-state index contributed by atoms with van der Waals surface area (Å²) in [5.41, 5.74) is -0.798. The molecule has 1 aromatic rings. The van der Waals surface area contributed by atoms with E-state index in [4.69, 9.17) is 9.84 Å². The summed E-state index contributed by atoms with van der Waals surface area (Å²) in [4.78, 5) is 30.7. The number of hydrogen-bond donors (Lipinski definition) is 1. The Balaban J connectivity index is 3.00. The minimum absolute atomic E-state index is 0.239. The van der Waals surface area contributed by atoms with E-state index in [0.29, 0.717) is 4.90 Å². The summed E-state index contributed by atoms with van der Waals surface area (Å²) in [6.07, 6.45) is 0.286. The standard InChI is InChI=1S/C10H12IN3O4/c1-10(2,3)18-9(17)14(8(15)16)7-12-4-6(11)5-13-7/h4-5H,1-3H3,(H,15,16). The third-order valence-corrected chi connectivity index (χ3v) is 2.13. The number of ether oxygens (including phenoxy) is 1. The van der Waals surface area contributed by atoms with E-state index in [1.54, 1.807) is 20.8 Å². The second-order valence-electron chi connectivity index (χ2n) is 4.30. The molecule has 0 spiro atoms. The summed E-state index contributed by atoms with van der Waals surface area (Å²) >= 11 is 1.97. The summed E-state index contributed by atoms with van der Waals surface area (Å²) < 4.78 is 5.70. The Morgan fingerprint density at radius 1 is 1.33 bits per heavy atom. The molecule has 0 aromatic carbocycles. The maximum atomic E-state index is 11.7. The lowest BCUT2D eigenvalue weighted by Crippen LogP contribution is -2.41. The average molecular weight is 365 g/mol. The summed E-state index contributed by atoms with van der Waals surface area (Å²) in [7, 11) is 0. The average Bonchev–Trinajstić information content (AvgIpc) is 2.18. The van der Waals surface area contributed by atoms with Crippen LogP contribution in [0.25, 0.3) is 0 Å². The number of anilines is 1. The van der Waals surface area contributed by atoms with Gasteiger partial charge < -0.3 is 9.84 Å². The molecule has 0 radical (unpaired) electrons. The molecule has 0 aliphatic rings. The Morgan fingerprint density at radius 3 is 2.22 bits per heavy atom. The molecule has 0 fully saturated rings. The van der Waals surface area contributed by atoms with E-state index in [2.05, 4.69) is 9.97 Å². The van der Waals surface area contributed by atoms with Crippen molar-refractivity contribution in [1.29, 1.82) is 0 Å². The Morgan fingerprint density at radius 2 is 1.83 bits per heavy atom. The molecule has 2 amide bonds. The maximum absolute atomic E-state index is 11.7. The number of halogens is 1. The molecule has 1 heterocycles. The molecule has 0 saturated heterocycles. The van der Waals surface area contributed by atoms with Crippen LogP contribution >= 0.6 is 22.6 Å². The van der Waals surface area contributed by atoms with Gasteiger partial charge in [-0.15, -0.1) is 4.90 Å². The van der Waals surface area contributed by atoms with E-state index < -0.39 is 17.8 Å². The zero-order chi connectivity index (χ0) is 13.9. The first-order chi connectivity index (χ1) is 8.20. The highest BCUT2D eigenvalue weighted by Gasteiger charge is 2.30. The van der Waals surface area contributed by atoms with Gasteiger partial charge in [-0.3, -0.25) is 0 Å². The Hall–Kier alpha value is -1.45. The number of carbonyl (C=O) groups is 2. The first kappa shape index (κ1) is 14.6. The van der Waals surface area contributed by atoms with Crippen LogP contribution in [0, 0.1) is 3.57 Å². The van der Waals surface area contributed by atoms with E-state index in [1.807, 2.05) is 22.6 Å². The molecule has 1 rings (SSSR count). The van der Waals surface area contributed by atoms with Gasteiger partial charge in [-0.05, 0) is 43.4 Å². The normalized spacial score (nSPS) is 10.9. The van der Waals surface area contributed by atoms with Crippen LogP contribution in [0.3, 0.4) is 0 Å². The van der Waals surface area contributed by atoms with Crippen LogP contribution in [-0.4, -0.2) is 32.9 Å². The van der Waals surface area contributed by atoms with Crippen LogP contribution in [0.15, 0.2) is 12.4 Å². The number of imide groups is 1. The van der Waals surface area contributed by atoms with Crippen LogP contribution in [0.1, 0.15) is 20.8 Å². The molecular weight excluding hydrogens is 353 g/mol. The Kier molecular flexibility index (Phi) is 4.43. The molecule has 0 saturated carbocycles. The quantitative estimate of drug-likeness (QED) is 0.769. The monoisotopic (exact) mass is 365 g/mol. The third kappa shape index (κ3) is 4.09. The molecular formula is C10H12IN3O4. The fourth-order valence-corrected chi connectivity index (χ4v) is 1.25. The van der Waals surface area contributed by atoms with E-state index in [9.17, 15) is 9.59 Å². The highest BCUT2D eigenvalue weighted by molar-refractivity contribution is 14.1. The van der Waals surface area contributed by atoms with Crippen LogP contribution in [0.5, 0.6) is 0 Å². The topological polar surface area (TPSA) is 92.6 Å². The fraction of sp³-hybridized carbons (Fsp3) is 0.400. The van der Waals surface area contributed by atoms with Gasteiger partial charge in [-0.1, -0.05) is 0 Å². The van der Waals surface area contributed by atoms with Crippen molar-refractivity contribution >= 4 is 40.7 Å². The van der Waals surface area contributed by atoms with Crippen molar-refractivity contribution in [2.45, 2.75) is 26.4 Å². The Labute approximate surface area is 117 Å². The highest BCUT2D eigenvalue weighted by Crippen LogP contribution is 2.15. The van der Waals surface area contributed by atoms with Gasteiger partial charge in [0.15, 0.2) is 0 Å². The van der Waals surface area contributed by atoms with Crippen molar-refractivity contribution < 1.29 is 19.4 Å². The van der Waals surface area contributed by atoms with E-state index in [1.165, 1.54) is 12.4 Å². The Bertz CT molecular complexity index is 455. The highest BCUT2D eigenvalue weighted by atomic mass is 127. The van der Waals surface area contributed by atoms with Gasteiger partial charge in [0.1, 0.15) is 5.60 Å². The van der Waals surface area contributed by atoms with E-state index in [0.717, 1.165) is 3.57 Å². The number of carbonyl (C=O) groups excluding carboxylic acids is 1.